The SMILES string of the molecule is O=S(=O)(NCCc1nnc2ccccn12)c1cc(C(F)(F)F)ccc1Cl. The number of sulfonamides is 1. The highest BCUT2D eigenvalue weighted by atomic mass is 35.5. The maximum atomic E-state index is 12.8. The normalized spacial score (nSPS) is 12.6. The molecular formula is C15H12ClF3N4O2S. The van der Waals surface area contributed by atoms with Gasteiger partial charge >= 0.3 is 6.18 Å². The molecule has 2 aromatic heterocycles. The fourth-order valence-corrected chi connectivity index (χ4v) is 3.88. The molecule has 138 valence electrons. The molecule has 0 amide bonds. The average molecular weight is 405 g/mol. The van der Waals surface area contributed by atoms with Gasteiger partial charge in [-0.2, -0.15) is 13.2 Å². The van der Waals surface area contributed by atoms with Crippen LogP contribution in [0.2, 0.25) is 5.02 Å². The molecule has 0 unspecified atom stereocenters. The van der Waals surface area contributed by atoms with E-state index in [1.165, 1.54) is 0 Å². The van der Waals surface area contributed by atoms with Gasteiger partial charge in [0, 0.05) is 19.2 Å². The molecule has 0 aliphatic carbocycles. The zero-order chi connectivity index (χ0) is 18.9. The summed E-state index contributed by atoms with van der Waals surface area (Å²) < 4.78 is 67.0. The van der Waals surface area contributed by atoms with Gasteiger partial charge in [-0.15, -0.1) is 10.2 Å². The lowest BCUT2D eigenvalue weighted by Gasteiger charge is -2.11. The predicted octanol–water partition coefficient (Wildman–Crippen LogP) is 2.92. The molecule has 1 aromatic carbocycles. The Labute approximate surface area is 151 Å². The van der Waals surface area contributed by atoms with Gasteiger partial charge in [0.15, 0.2) is 5.65 Å². The van der Waals surface area contributed by atoms with Crippen LogP contribution in [-0.4, -0.2) is 29.6 Å². The van der Waals surface area contributed by atoms with Crippen LogP contribution in [0, 0.1) is 0 Å². The number of nitrogens with one attached hydrogen (secondary N) is 1. The molecule has 1 N–H and O–H groups in total. The van der Waals surface area contributed by atoms with Gasteiger partial charge in [-0.1, -0.05) is 17.7 Å². The van der Waals surface area contributed by atoms with Crippen LogP contribution in [0.5, 0.6) is 0 Å². The number of rotatable bonds is 5. The predicted molar refractivity (Wildman–Crippen MR) is 88.3 cm³/mol. The third kappa shape index (κ3) is 3.81. The minimum Gasteiger partial charge on any atom is -0.286 e. The van der Waals surface area contributed by atoms with Crippen molar-refractivity contribution >= 4 is 27.3 Å². The van der Waals surface area contributed by atoms with E-state index < -0.39 is 26.7 Å². The average Bonchev–Trinajstić information content (AvgIpc) is 2.97. The Kier molecular flexibility index (Phi) is 4.91. The highest BCUT2D eigenvalue weighted by Gasteiger charge is 2.32. The number of benzene rings is 1. The highest BCUT2D eigenvalue weighted by Crippen LogP contribution is 2.33. The molecule has 0 saturated heterocycles. The molecule has 0 radical (unpaired) electrons. The van der Waals surface area contributed by atoms with Gasteiger partial charge in [-0.3, -0.25) is 4.40 Å². The van der Waals surface area contributed by atoms with Crippen molar-refractivity contribution in [3.63, 3.8) is 0 Å². The number of hydrogen-bond donors (Lipinski definition) is 1. The van der Waals surface area contributed by atoms with Crippen LogP contribution in [0.25, 0.3) is 5.65 Å². The summed E-state index contributed by atoms with van der Waals surface area (Å²) >= 11 is 5.77. The molecule has 0 bridgehead atoms. The van der Waals surface area contributed by atoms with Crippen LogP contribution < -0.4 is 4.72 Å². The summed E-state index contributed by atoms with van der Waals surface area (Å²) in [6.45, 7) is -0.0788. The molecule has 0 atom stereocenters. The van der Waals surface area contributed by atoms with E-state index in [1.54, 1.807) is 28.8 Å². The van der Waals surface area contributed by atoms with Gasteiger partial charge in [0.25, 0.3) is 0 Å². The molecule has 0 spiro atoms. The number of fused-ring (bicyclic) bond motifs is 1. The Bertz CT molecular complexity index is 1050. The maximum absolute atomic E-state index is 12.8. The topological polar surface area (TPSA) is 76.4 Å². The Morgan fingerprint density at radius 3 is 2.65 bits per heavy atom. The van der Waals surface area contributed by atoms with E-state index in [-0.39, 0.29) is 18.0 Å². The summed E-state index contributed by atoms with van der Waals surface area (Å²) in [6, 6.07) is 7.44. The van der Waals surface area contributed by atoms with Crippen molar-refractivity contribution in [2.45, 2.75) is 17.5 Å². The summed E-state index contributed by atoms with van der Waals surface area (Å²) in [4.78, 5) is -0.625. The highest BCUT2D eigenvalue weighted by molar-refractivity contribution is 7.89. The van der Waals surface area contributed by atoms with Crippen molar-refractivity contribution in [2.75, 3.05) is 6.54 Å². The lowest BCUT2D eigenvalue weighted by atomic mass is 10.2. The lowest BCUT2D eigenvalue weighted by Crippen LogP contribution is -2.27. The summed E-state index contributed by atoms with van der Waals surface area (Å²) in [7, 11) is -4.22. The fourth-order valence-electron chi connectivity index (χ4n) is 2.32. The Balaban J connectivity index is 1.77. The van der Waals surface area contributed by atoms with Crippen LogP contribution in [0.4, 0.5) is 13.2 Å². The molecule has 0 fully saturated rings. The number of aromatic nitrogens is 3. The first-order valence-electron chi connectivity index (χ1n) is 7.33. The molecule has 3 rings (SSSR count). The molecule has 2 heterocycles. The van der Waals surface area contributed by atoms with Gasteiger partial charge in [0.1, 0.15) is 10.7 Å². The van der Waals surface area contributed by atoms with Crippen molar-refractivity contribution in [2.24, 2.45) is 0 Å². The minimum absolute atomic E-state index is 0.0788. The molecule has 6 nitrogen and oxygen atoms in total. The molecule has 0 aliphatic rings. The molecule has 0 aliphatic heterocycles. The van der Waals surface area contributed by atoms with E-state index in [2.05, 4.69) is 14.9 Å². The van der Waals surface area contributed by atoms with Crippen molar-refractivity contribution in [1.29, 1.82) is 0 Å². The lowest BCUT2D eigenvalue weighted by molar-refractivity contribution is -0.137. The largest absolute Gasteiger partial charge is 0.416 e. The summed E-state index contributed by atoms with van der Waals surface area (Å²) in [5.74, 6) is 0.512. The summed E-state index contributed by atoms with van der Waals surface area (Å²) in [5, 5.41) is 7.60. The van der Waals surface area contributed by atoms with Crippen molar-refractivity contribution in [3.8, 4) is 0 Å². The summed E-state index contributed by atoms with van der Waals surface area (Å²) in [6.07, 6.45) is -2.75. The summed E-state index contributed by atoms with van der Waals surface area (Å²) in [5.41, 5.74) is -0.489. The van der Waals surface area contributed by atoms with E-state index >= 15 is 0 Å². The van der Waals surface area contributed by atoms with E-state index in [0.29, 0.717) is 17.5 Å². The third-order valence-corrected chi connectivity index (χ3v) is 5.52. The smallest absolute Gasteiger partial charge is 0.286 e. The quantitative estimate of drug-likeness (QED) is 0.709. The first-order chi connectivity index (χ1) is 12.2. The number of nitrogens with zero attached hydrogens (tertiary/aromatic N) is 3. The van der Waals surface area contributed by atoms with E-state index in [1.807, 2.05) is 0 Å². The molecule has 26 heavy (non-hydrogen) atoms. The Hall–Kier alpha value is -2.17. The van der Waals surface area contributed by atoms with Crippen LogP contribution in [0.15, 0.2) is 47.5 Å². The molecule has 3 aromatic rings. The fraction of sp³-hybridized carbons (Fsp3) is 0.200. The number of alkyl halides is 3. The second-order valence-corrected chi connectivity index (χ2v) is 7.48. The second-order valence-electron chi connectivity index (χ2n) is 5.34. The van der Waals surface area contributed by atoms with Gasteiger partial charge in [-0.25, -0.2) is 13.1 Å². The van der Waals surface area contributed by atoms with Crippen molar-refractivity contribution < 1.29 is 21.6 Å². The first-order valence-corrected chi connectivity index (χ1v) is 9.20. The molecular weight excluding hydrogens is 393 g/mol. The van der Waals surface area contributed by atoms with Crippen LogP contribution in [0.1, 0.15) is 11.4 Å². The van der Waals surface area contributed by atoms with Crippen LogP contribution >= 0.6 is 11.6 Å². The zero-order valence-corrected chi connectivity index (χ0v) is 14.6. The number of pyridine rings is 1. The van der Waals surface area contributed by atoms with E-state index in [9.17, 15) is 21.6 Å². The Morgan fingerprint density at radius 1 is 1.15 bits per heavy atom. The van der Waals surface area contributed by atoms with Crippen molar-refractivity contribution in [3.05, 3.63) is 59.0 Å². The van der Waals surface area contributed by atoms with Crippen molar-refractivity contribution in [1.82, 2.24) is 19.3 Å². The number of hydrogen-bond acceptors (Lipinski definition) is 4. The van der Waals surface area contributed by atoms with Gasteiger partial charge in [0.2, 0.25) is 10.0 Å². The van der Waals surface area contributed by atoms with Gasteiger partial charge in [-0.05, 0) is 30.3 Å². The number of halogens is 4. The molecule has 11 heteroatoms. The first kappa shape index (κ1) is 18.6. The second kappa shape index (κ2) is 6.86. The standard InChI is InChI=1S/C15H12ClF3N4O2S/c16-11-5-4-10(15(17,18)19)9-12(11)26(24,25)20-7-6-14-22-21-13-3-1-2-8-23(13)14/h1-5,8-9,20H,6-7H2. The zero-order valence-electron chi connectivity index (χ0n) is 13.0. The maximum Gasteiger partial charge on any atom is 0.416 e. The Morgan fingerprint density at radius 2 is 1.92 bits per heavy atom. The monoisotopic (exact) mass is 404 g/mol. The van der Waals surface area contributed by atoms with Crippen LogP contribution in [-0.2, 0) is 22.6 Å². The van der Waals surface area contributed by atoms with E-state index in [0.717, 1.165) is 12.1 Å². The minimum atomic E-state index is -4.67. The van der Waals surface area contributed by atoms with Gasteiger partial charge in [0.05, 0.1) is 10.6 Å². The van der Waals surface area contributed by atoms with Gasteiger partial charge < -0.3 is 0 Å². The van der Waals surface area contributed by atoms with Crippen LogP contribution in [0.3, 0.4) is 0 Å². The van der Waals surface area contributed by atoms with E-state index in [4.69, 9.17) is 11.6 Å². The molecule has 0 saturated carbocycles. The third-order valence-electron chi connectivity index (χ3n) is 3.57.